The first-order chi connectivity index (χ1) is 14.9. The minimum Gasteiger partial charge on any atom is -0.319 e. The van der Waals surface area contributed by atoms with Crippen LogP contribution in [0.5, 0.6) is 0 Å². The van der Waals surface area contributed by atoms with Crippen molar-refractivity contribution >= 4 is 11.8 Å². The van der Waals surface area contributed by atoms with Crippen LogP contribution in [0.4, 0.5) is 0 Å². The lowest BCUT2D eigenvalue weighted by atomic mass is 9.84. The van der Waals surface area contributed by atoms with Crippen LogP contribution >= 0.6 is 11.8 Å². The van der Waals surface area contributed by atoms with Crippen molar-refractivity contribution in [3.05, 3.63) is 76.2 Å². The second-order valence-electron chi connectivity index (χ2n) is 8.98. The van der Waals surface area contributed by atoms with Gasteiger partial charge in [0.15, 0.2) is 5.43 Å². The maximum atomic E-state index is 13.5. The second kappa shape index (κ2) is 9.35. The van der Waals surface area contributed by atoms with Crippen LogP contribution in [0.15, 0.2) is 64.5 Å². The van der Waals surface area contributed by atoms with Crippen molar-refractivity contribution in [1.29, 1.82) is 0 Å². The highest BCUT2D eigenvalue weighted by molar-refractivity contribution is 7.99. The van der Waals surface area contributed by atoms with E-state index < -0.39 is 0 Å². The van der Waals surface area contributed by atoms with Gasteiger partial charge in [0.05, 0.1) is 0 Å². The number of aryl methyl sites for hydroxylation is 2. The molecule has 0 amide bonds. The summed E-state index contributed by atoms with van der Waals surface area (Å²) in [6.45, 7) is 4.15. The number of pyridine rings is 1. The lowest BCUT2D eigenvalue weighted by Crippen LogP contribution is -2.27. The predicted octanol–water partition coefficient (Wildman–Crippen LogP) is 6.28. The Morgan fingerprint density at radius 2 is 1.55 bits per heavy atom. The van der Waals surface area contributed by atoms with Crippen LogP contribution in [0.2, 0.25) is 0 Å². The Bertz CT molecular complexity index is 1090. The monoisotopic (exact) mass is 432 g/mol. The van der Waals surface area contributed by atoms with Gasteiger partial charge in [-0.25, -0.2) is 0 Å². The molecule has 1 saturated carbocycles. The first-order valence-electron chi connectivity index (χ1n) is 11.2. The van der Waals surface area contributed by atoms with E-state index in [1.165, 1.54) is 47.5 Å². The summed E-state index contributed by atoms with van der Waals surface area (Å²) >= 11 is 1.93. The molecule has 4 rings (SSSR count). The van der Waals surface area contributed by atoms with Gasteiger partial charge in [-0.1, -0.05) is 60.7 Å². The minimum absolute atomic E-state index is 0.0773. The molecule has 0 saturated heterocycles. The van der Waals surface area contributed by atoms with E-state index >= 15 is 0 Å². The maximum absolute atomic E-state index is 13.5. The maximum Gasteiger partial charge on any atom is 0.197 e. The molecule has 0 N–H and O–H groups in total. The van der Waals surface area contributed by atoms with Gasteiger partial charge in [-0.15, -0.1) is 11.8 Å². The Morgan fingerprint density at radius 1 is 0.935 bits per heavy atom. The van der Waals surface area contributed by atoms with Crippen LogP contribution in [-0.2, 0) is 0 Å². The van der Waals surface area contributed by atoms with E-state index in [1.54, 1.807) is 0 Å². The Labute approximate surface area is 190 Å². The normalized spacial score (nSPS) is 13.8. The number of hydrogen-bond acceptors (Lipinski definition) is 3. The molecule has 1 aliphatic carbocycles. The highest BCUT2D eigenvalue weighted by atomic mass is 32.2. The fourth-order valence-corrected chi connectivity index (χ4v) is 5.21. The fourth-order valence-electron chi connectivity index (χ4n) is 4.19. The molecule has 1 aromatic heterocycles. The van der Waals surface area contributed by atoms with E-state index in [0.717, 1.165) is 28.2 Å². The molecule has 162 valence electrons. The van der Waals surface area contributed by atoms with Gasteiger partial charge in [0.2, 0.25) is 0 Å². The number of nitrogens with zero attached hydrogens (tertiary/aromatic N) is 2. The highest BCUT2D eigenvalue weighted by Gasteiger charge is 2.17. The second-order valence-corrected chi connectivity index (χ2v) is 10.1. The molecule has 0 bridgehead atoms. The zero-order valence-corrected chi connectivity index (χ0v) is 19.8. The molecule has 0 spiro atoms. The largest absolute Gasteiger partial charge is 0.319 e. The average molecular weight is 433 g/mol. The van der Waals surface area contributed by atoms with Crippen molar-refractivity contribution in [1.82, 2.24) is 4.68 Å². The van der Waals surface area contributed by atoms with E-state index in [4.69, 9.17) is 0 Å². The lowest BCUT2D eigenvalue weighted by Gasteiger charge is -2.24. The molecule has 4 heteroatoms. The molecule has 0 unspecified atom stereocenters. The number of aromatic nitrogens is 1. The predicted molar refractivity (Wildman–Crippen MR) is 134 cm³/mol. The van der Waals surface area contributed by atoms with Gasteiger partial charge >= 0.3 is 0 Å². The molecule has 2 aromatic carbocycles. The van der Waals surface area contributed by atoms with Crippen molar-refractivity contribution < 1.29 is 0 Å². The smallest absolute Gasteiger partial charge is 0.197 e. The summed E-state index contributed by atoms with van der Waals surface area (Å²) in [5.74, 6) is 2.13. The van der Waals surface area contributed by atoms with Crippen LogP contribution in [0.1, 0.15) is 36.8 Å². The number of hydrogen-bond donors (Lipinski definition) is 0. The molecule has 1 fully saturated rings. The van der Waals surface area contributed by atoms with Crippen LogP contribution in [-0.4, -0.2) is 24.5 Å². The topological polar surface area (TPSA) is 25.2 Å². The summed E-state index contributed by atoms with van der Waals surface area (Å²) in [6, 6.07) is 14.8. The highest BCUT2D eigenvalue weighted by Crippen LogP contribution is 2.32. The number of rotatable bonds is 7. The zero-order chi connectivity index (χ0) is 22.0. The molecular formula is C27H32N2OS. The van der Waals surface area contributed by atoms with Crippen molar-refractivity contribution in [3.8, 4) is 22.3 Å². The van der Waals surface area contributed by atoms with Crippen molar-refractivity contribution in [2.24, 2.45) is 5.92 Å². The average Bonchev–Trinajstić information content (AvgIpc) is 2.69. The van der Waals surface area contributed by atoms with Crippen LogP contribution in [0, 0.1) is 19.8 Å². The van der Waals surface area contributed by atoms with Gasteiger partial charge in [-0.05, 0) is 55.2 Å². The van der Waals surface area contributed by atoms with Gasteiger partial charge in [0, 0.05) is 42.5 Å². The summed E-state index contributed by atoms with van der Waals surface area (Å²) in [4.78, 5) is 14.8. The Morgan fingerprint density at radius 3 is 2.10 bits per heavy atom. The molecule has 3 nitrogen and oxygen atoms in total. The van der Waals surface area contributed by atoms with Gasteiger partial charge < -0.3 is 5.01 Å². The van der Waals surface area contributed by atoms with E-state index in [-0.39, 0.29) is 5.43 Å². The zero-order valence-electron chi connectivity index (χ0n) is 19.0. The summed E-state index contributed by atoms with van der Waals surface area (Å²) < 4.78 is 1.99. The quantitative estimate of drug-likeness (QED) is 0.411. The van der Waals surface area contributed by atoms with Crippen LogP contribution in [0.3, 0.4) is 0 Å². The first-order valence-corrected chi connectivity index (χ1v) is 12.1. The molecule has 0 aliphatic heterocycles. The van der Waals surface area contributed by atoms with E-state index in [0.29, 0.717) is 0 Å². The SMILES string of the molecule is Cc1cc(C)cc(-c2cn(N(C)C)cc(-c3ccc(SCCC4CCC4)cc3)c2=O)c1. The molecule has 3 aromatic rings. The van der Waals surface area contributed by atoms with Gasteiger partial charge in [0.1, 0.15) is 0 Å². The van der Waals surface area contributed by atoms with Gasteiger partial charge in [-0.3, -0.25) is 9.47 Å². The molecule has 1 aliphatic rings. The minimum atomic E-state index is 0.0773. The summed E-state index contributed by atoms with van der Waals surface area (Å²) in [7, 11) is 3.97. The first kappa shape index (κ1) is 21.8. The molecule has 31 heavy (non-hydrogen) atoms. The summed E-state index contributed by atoms with van der Waals surface area (Å²) in [5, 5.41) is 1.99. The molecule has 0 radical (unpaired) electrons. The number of benzene rings is 2. The van der Waals surface area contributed by atoms with Crippen LogP contribution < -0.4 is 10.4 Å². The summed E-state index contributed by atoms with van der Waals surface area (Å²) in [6.07, 6.45) is 9.43. The standard InChI is InChI=1S/C27H32N2OS/c1-19-14-20(2)16-23(15-19)26-18-29(28(3)4)17-25(27(26)30)22-8-10-24(11-9-22)31-13-12-21-6-5-7-21/h8-11,14-18,21H,5-7,12-13H2,1-4H3. The Hall–Kier alpha value is -2.46. The van der Waals surface area contributed by atoms with E-state index in [2.05, 4.69) is 56.3 Å². The van der Waals surface area contributed by atoms with Crippen molar-refractivity contribution in [2.75, 3.05) is 24.9 Å². The van der Waals surface area contributed by atoms with Gasteiger partial charge in [-0.2, -0.15) is 0 Å². The third kappa shape index (κ3) is 5.07. The molecule has 1 heterocycles. The fraction of sp³-hybridized carbons (Fsp3) is 0.370. The third-order valence-electron chi connectivity index (χ3n) is 6.19. The van der Waals surface area contributed by atoms with Crippen LogP contribution in [0.25, 0.3) is 22.3 Å². The summed E-state index contributed by atoms with van der Waals surface area (Å²) in [5.41, 5.74) is 5.82. The number of thioether (sulfide) groups is 1. The van der Waals surface area contributed by atoms with Gasteiger partial charge in [0.25, 0.3) is 0 Å². The van der Waals surface area contributed by atoms with E-state index in [1.807, 2.05) is 47.9 Å². The van der Waals surface area contributed by atoms with Crippen molar-refractivity contribution in [3.63, 3.8) is 0 Å². The Balaban J connectivity index is 1.65. The van der Waals surface area contributed by atoms with E-state index in [9.17, 15) is 4.79 Å². The van der Waals surface area contributed by atoms with Crippen molar-refractivity contribution in [2.45, 2.75) is 44.4 Å². The Kier molecular flexibility index (Phi) is 6.57. The molecule has 0 atom stereocenters. The molecular weight excluding hydrogens is 400 g/mol. The third-order valence-corrected chi connectivity index (χ3v) is 7.24. The lowest BCUT2D eigenvalue weighted by molar-refractivity contribution is 0.309.